The number of anilines is 1. The number of rotatable bonds is 7. The first kappa shape index (κ1) is 22.6. The molecule has 1 aliphatic rings. The van der Waals surface area contributed by atoms with Crippen molar-refractivity contribution >= 4 is 11.7 Å². The zero-order valence-corrected chi connectivity index (χ0v) is 19.2. The summed E-state index contributed by atoms with van der Waals surface area (Å²) >= 11 is 0. The molecule has 0 saturated carbocycles. The van der Waals surface area contributed by atoms with Crippen LogP contribution < -0.4 is 20.5 Å². The van der Waals surface area contributed by atoms with E-state index in [1.54, 1.807) is 37.4 Å². The number of piperidine rings is 1. The minimum Gasteiger partial charge on any atom is -0.497 e. The van der Waals surface area contributed by atoms with Gasteiger partial charge in [0.1, 0.15) is 11.6 Å². The molecule has 0 unspecified atom stereocenters. The van der Waals surface area contributed by atoms with Gasteiger partial charge in [0.2, 0.25) is 5.91 Å². The fraction of sp³-hybridized carbons (Fsp3) is 0.346. The van der Waals surface area contributed by atoms with Crippen LogP contribution >= 0.6 is 0 Å². The molecule has 2 aromatic carbocycles. The van der Waals surface area contributed by atoms with Crippen LogP contribution in [0, 0.1) is 5.92 Å². The summed E-state index contributed by atoms with van der Waals surface area (Å²) in [5.41, 5.74) is 2.85. The van der Waals surface area contributed by atoms with Crippen molar-refractivity contribution in [2.75, 3.05) is 25.1 Å². The molecule has 172 valence electrons. The third-order valence-corrected chi connectivity index (χ3v) is 6.12. The standard InChI is InChI=1S/C26H30N4O3/c1-3-19-6-8-20(9-7-19)17-27-26(32)21-5-4-16-29(18-21)24-14-15-25(31)30(28-24)22-10-12-23(33-2)13-11-22/h6-15,21H,3-5,16-18H2,1-2H3,(H,27,32)/t21-/m1/s1. The van der Waals surface area contributed by atoms with Crippen LogP contribution in [0.2, 0.25) is 0 Å². The molecule has 33 heavy (non-hydrogen) atoms. The van der Waals surface area contributed by atoms with Gasteiger partial charge in [0.15, 0.2) is 0 Å². The topological polar surface area (TPSA) is 76.5 Å². The minimum absolute atomic E-state index is 0.0581. The second kappa shape index (κ2) is 10.3. The summed E-state index contributed by atoms with van der Waals surface area (Å²) in [6.07, 6.45) is 2.74. The largest absolute Gasteiger partial charge is 0.497 e. The molecule has 1 N–H and O–H groups in total. The molecule has 1 fully saturated rings. The maximum Gasteiger partial charge on any atom is 0.271 e. The van der Waals surface area contributed by atoms with E-state index >= 15 is 0 Å². The SMILES string of the molecule is CCc1ccc(CNC(=O)[C@@H]2CCCN(c3ccc(=O)n(-c4ccc(OC)cc4)n3)C2)cc1. The Bertz CT molecular complexity index is 1140. The number of carbonyl (C=O) groups excluding carboxylic acids is 1. The molecule has 1 aromatic heterocycles. The minimum atomic E-state index is -0.204. The van der Waals surface area contributed by atoms with E-state index in [4.69, 9.17) is 4.74 Å². The first-order chi connectivity index (χ1) is 16.1. The second-order valence-corrected chi connectivity index (χ2v) is 8.31. The predicted octanol–water partition coefficient (Wildman–Crippen LogP) is 3.34. The Kier molecular flexibility index (Phi) is 7.07. The van der Waals surface area contributed by atoms with Crippen LogP contribution in [0.15, 0.2) is 65.5 Å². The molecule has 7 heteroatoms. The highest BCUT2D eigenvalue weighted by Gasteiger charge is 2.26. The second-order valence-electron chi connectivity index (χ2n) is 8.31. The van der Waals surface area contributed by atoms with Crippen molar-refractivity contribution in [1.82, 2.24) is 15.1 Å². The summed E-state index contributed by atoms with van der Waals surface area (Å²) in [6.45, 7) is 4.04. The van der Waals surface area contributed by atoms with Gasteiger partial charge in [-0.3, -0.25) is 9.59 Å². The molecular formula is C26H30N4O3. The summed E-state index contributed by atoms with van der Waals surface area (Å²) in [5.74, 6) is 1.35. The van der Waals surface area contributed by atoms with Crippen LogP contribution in [0.3, 0.4) is 0 Å². The quantitative estimate of drug-likeness (QED) is 0.602. The Balaban J connectivity index is 1.43. The van der Waals surface area contributed by atoms with E-state index in [1.165, 1.54) is 16.3 Å². The molecule has 7 nitrogen and oxygen atoms in total. The molecule has 0 bridgehead atoms. The number of methoxy groups -OCH3 is 1. The monoisotopic (exact) mass is 446 g/mol. The van der Waals surface area contributed by atoms with Gasteiger partial charge in [0.25, 0.3) is 5.56 Å². The van der Waals surface area contributed by atoms with Gasteiger partial charge in [-0.1, -0.05) is 31.2 Å². The van der Waals surface area contributed by atoms with Crippen LogP contribution in [0.25, 0.3) is 5.69 Å². The highest BCUT2D eigenvalue weighted by atomic mass is 16.5. The van der Waals surface area contributed by atoms with Gasteiger partial charge in [-0.2, -0.15) is 4.68 Å². The average molecular weight is 447 g/mol. The first-order valence-electron chi connectivity index (χ1n) is 11.4. The van der Waals surface area contributed by atoms with Crippen molar-refractivity contribution in [3.63, 3.8) is 0 Å². The van der Waals surface area contributed by atoms with Crippen LogP contribution in [-0.2, 0) is 17.8 Å². The molecule has 2 heterocycles. The third-order valence-electron chi connectivity index (χ3n) is 6.12. The van der Waals surface area contributed by atoms with Crippen molar-refractivity contribution in [2.45, 2.75) is 32.7 Å². The van der Waals surface area contributed by atoms with Crippen molar-refractivity contribution in [3.8, 4) is 11.4 Å². The van der Waals surface area contributed by atoms with Crippen LogP contribution in [0.5, 0.6) is 5.75 Å². The normalized spacial score (nSPS) is 15.8. The number of carbonyl (C=O) groups is 1. The van der Waals surface area contributed by atoms with Crippen LogP contribution in [-0.4, -0.2) is 35.9 Å². The van der Waals surface area contributed by atoms with Gasteiger partial charge < -0.3 is 15.0 Å². The summed E-state index contributed by atoms with van der Waals surface area (Å²) in [7, 11) is 1.60. The van der Waals surface area contributed by atoms with E-state index in [2.05, 4.69) is 46.5 Å². The van der Waals surface area contributed by atoms with E-state index < -0.39 is 0 Å². The molecule has 1 aliphatic heterocycles. The Labute approximate surface area is 194 Å². The lowest BCUT2D eigenvalue weighted by Gasteiger charge is -2.33. The van der Waals surface area contributed by atoms with Crippen molar-refractivity contribution in [2.24, 2.45) is 5.92 Å². The van der Waals surface area contributed by atoms with Crippen molar-refractivity contribution in [3.05, 3.63) is 82.1 Å². The number of aryl methyl sites for hydroxylation is 1. The zero-order valence-electron chi connectivity index (χ0n) is 19.2. The fourth-order valence-corrected chi connectivity index (χ4v) is 4.10. The van der Waals surface area contributed by atoms with Gasteiger partial charge in [0, 0.05) is 25.7 Å². The predicted molar refractivity (Wildman–Crippen MR) is 129 cm³/mol. The van der Waals surface area contributed by atoms with E-state index in [0.717, 1.165) is 31.4 Å². The Morgan fingerprint density at radius 1 is 1.06 bits per heavy atom. The molecule has 4 rings (SSSR count). The van der Waals surface area contributed by atoms with Crippen molar-refractivity contribution < 1.29 is 9.53 Å². The van der Waals surface area contributed by atoms with E-state index in [1.807, 2.05) is 0 Å². The first-order valence-corrected chi connectivity index (χ1v) is 11.4. The molecule has 1 amide bonds. The number of nitrogens with one attached hydrogen (secondary N) is 1. The van der Waals surface area contributed by atoms with E-state index in [0.29, 0.717) is 30.3 Å². The van der Waals surface area contributed by atoms with Crippen molar-refractivity contribution in [1.29, 1.82) is 0 Å². The number of ether oxygens (including phenoxy) is 1. The molecular weight excluding hydrogens is 416 g/mol. The lowest BCUT2D eigenvalue weighted by atomic mass is 9.97. The number of hydrogen-bond acceptors (Lipinski definition) is 5. The summed E-state index contributed by atoms with van der Waals surface area (Å²) in [6, 6.07) is 18.8. The summed E-state index contributed by atoms with van der Waals surface area (Å²) < 4.78 is 6.58. The Hall–Kier alpha value is -3.61. The highest BCUT2D eigenvalue weighted by Crippen LogP contribution is 2.22. The molecule has 0 radical (unpaired) electrons. The van der Waals surface area contributed by atoms with Crippen LogP contribution in [0.1, 0.15) is 30.9 Å². The molecule has 1 saturated heterocycles. The lowest BCUT2D eigenvalue weighted by molar-refractivity contribution is -0.125. The molecule has 0 spiro atoms. The third kappa shape index (κ3) is 5.42. The van der Waals surface area contributed by atoms with Gasteiger partial charge in [-0.25, -0.2) is 0 Å². The van der Waals surface area contributed by atoms with Gasteiger partial charge >= 0.3 is 0 Å². The zero-order chi connectivity index (χ0) is 23.2. The maximum atomic E-state index is 12.8. The van der Waals surface area contributed by atoms with E-state index in [9.17, 15) is 9.59 Å². The lowest BCUT2D eigenvalue weighted by Crippen LogP contribution is -2.43. The summed E-state index contributed by atoms with van der Waals surface area (Å²) in [5, 5.41) is 7.67. The highest BCUT2D eigenvalue weighted by molar-refractivity contribution is 5.79. The Morgan fingerprint density at radius 3 is 2.48 bits per heavy atom. The molecule has 3 aromatic rings. The van der Waals surface area contributed by atoms with Gasteiger partial charge in [0.05, 0.1) is 18.7 Å². The average Bonchev–Trinajstić information content (AvgIpc) is 2.88. The number of aromatic nitrogens is 2. The fourth-order valence-electron chi connectivity index (χ4n) is 4.10. The van der Waals surface area contributed by atoms with Crippen LogP contribution in [0.4, 0.5) is 5.82 Å². The van der Waals surface area contributed by atoms with Gasteiger partial charge in [-0.15, -0.1) is 5.10 Å². The number of benzene rings is 2. The number of nitrogens with zero attached hydrogens (tertiary/aromatic N) is 3. The number of hydrogen-bond donors (Lipinski definition) is 1. The molecule has 0 aliphatic carbocycles. The number of amides is 1. The molecule has 1 atom stereocenters. The maximum absolute atomic E-state index is 12.8. The summed E-state index contributed by atoms with van der Waals surface area (Å²) in [4.78, 5) is 27.4. The van der Waals surface area contributed by atoms with E-state index in [-0.39, 0.29) is 17.4 Å². The Morgan fingerprint density at radius 2 is 1.79 bits per heavy atom. The smallest absolute Gasteiger partial charge is 0.271 e. The van der Waals surface area contributed by atoms with Gasteiger partial charge in [-0.05, 0) is 60.7 Å².